The fourth-order valence-electron chi connectivity index (χ4n) is 0. The van der Waals surface area contributed by atoms with Crippen molar-refractivity contribution in [1.29, 1.82) is 0 Å². The molecular formula is H3CoFMnNiO. The fraction of sp³-hybridized carbons (Fsp3) is 0. The van der Waals surface area contributed by atoms with Crippen molar-refractivity contribution in [2.24, 2.45) is 0 Å². The molecule has 0 unspecified atom stereocenters. The van der Waals surface area contributed by atoms with E-state index in [0.717, 1.165) is 0 Å². The van der Waals surface area contributed by atoms with Gasteiger partial charge < -0.3 is 5.48 Å². The minimum absolute atomic E-state index is 0. The van der Waals surface area contributed by atoms with Gasteiger partial charge in [0.05, 0.1) is 0 Å². The summed E-state index contributed by atoms with van der Waals surface area (Å²) in [6.07, 6.45) is 0. The Morgan fingerprint density at radius 3 is 1.00 bits per heavy atom. The molecule has 0 aliphatic carbocycles. The van der Waals surface area contributed by atoms with E-state index in [0.29, 0.717) is 0 Å². The summed E-state index contributed by atoms with van der Waals surface area (Å²) in [7, 11) is 0. The summed E-state index contributed by atoms with van der Waals surface area (Å²) in [6, 6.07) is 0. The topological polar surface area (TPSA) is 31.5 Å². The van der Waals surface area contributed by atoms with Crippen LogP contribution in [0.5, 0.6) is 0 Å². The first-order valence-electron chi connectivity index (χ1n) is 0. The Kier molecular flexibility index (Phi) is 1000. The van der Waals surface area contributed by atoms with Crippen LogP contribution in [0.1, 0.15) is 0 Å². The van der Waals surface area contributed by atoms with E-state index in [1.807, 2.05) is 0 Å². The van der Waals surface area contributed by atoms with Crippen LogP contribution in [0.3, 0.4) is 0 Å². The SMILES string of the molecule is F.O.[Co].[Mn].[Ni]. The van der Waals surface area contributed by atoms with Gasteiger partial charge in [0.25, 0.3) is 0 Å². The van der Waals surface area contributed by atoms with Crippen LogP contribution in [0.4, 0.5) is 4.70 Å². The molecule has 5 heavy (non-hydrogen) atoms. The average Bonchev–Trinajstić information content (AvgIpc) is 0. The molecule has 1 nitrogen and oxygen atoms in total. The third-order valence-electron chi connectivity index (χ3n) is 0. The Bertz CT molecular complexity index is 11.6. The molecule has 0 aromatic heterocycles. The molecule has 0 saturated heterocycles. The summed E-state index contributed by atoms with van der Waals surface area (Å²) in [5, 5.41) is 0. The maximum Gasteiger partial charge on any atom is 0 e. The standard InChI is InChI=1S/Co.FH.Mn.Ni.H2O/h;1H;;;1H2. The summed E-state index contributed by atoms with van der Waals surface area (Å²) < 4.78 is 0. The summed E-state index contributed by atoms with van der Waals surface area (Å²) in [5.74, 6) is 0. The minimum Gasteiger partial charge on any atom is -0.412 e. The van der Waals surface area contributed by atoms with Gasteiger partial charge in [-0.05, 0) is 0 Å². The molecule has 0 aliphatic heterocycles. The van der Waals surface area contributed by atoms with Crippen LogP contribution in [-0.2, 0) is 50.3 Å². The van der Waals surface area contributed by atoms with Crippen molar-refractivity contribution in [3.05, 3.63) is 0 Å². The molecule has 0 aromatic carbocycles. The molecule has 0 rings (SSSR count). The summed E-state index contributed by atoms with van der Waals surface area (Å²) in [4.78, 5) is 0. The van der Waals surface area contributed by atoms with Gasteiger partial charge in [-0.15, -0.1) is 0 Å². The van der Waals surface area contributed by atoms with E-state index in [1.54, 1.807) is 0 Å². The van der Waals surface area contributed by atoms with Crippen LogP contribution in [0.25, 0.3) is 0 Å². The first-order chi connectivity index (χ1) is 0. The maximum absolute atomic E-state index is 0. The summed E-state index contributed by atoms with van der Waals surface area (Å²) >= 11 is 0. The van der Waals surface area contributed by atoms with Crippen molar-refractivity contribution < 1.29 is 60.5 Å². The second-order valence-corrected chi connectivity index (χ2v) is 0. The Labute approximate surface area is 60.5 Å². The first-order valence-corrected chi connectivity index (χ1v) is 0. The van der Waals surface area contributed by atoms with Crippen molar-refractivity contribution in [2.75, 3.05) is 0 Å². The molecule has 0 aromatic rings. The third kappa shape index (κ3) is 31.7. The molecule has 0 fully saturated rings. The van der Waals surface area contributed by atoms with Crippen molar-refractivity contribution in [2.45, 2.75) is 0 Å². The van der Waals surface area contributed by atoms with E-state index in [9.17, 15) is 0 Å². The van der Waals surface area contributed by atoms with Gasteiger partial charge in [0, 0.05) is 50.3 Å². The van der Waals surface area contributed by atoms with Gasteiger partial charge in [-0.2, -0.15) is 0 Å². The van der Waals surface area contributed by atoms with E-state index in [-0.39, 0.29) is 60.5 Å². The second-order valence-electron chi connectivity index (χ2n) is 0. The zero-order chi connectivity index (χ0) is 0. The Morgan fingerprint density at radius 1 is 1.00 bits per heavy atom. The monoisotopic (exact) mass is 210 g/mol. The van der Waals surface area contributed by atoms with E-state index in [2.05, 4.69) is 0 Å². The summed E-state index contributed by atoms with van der Waals surface area (Å²) in [5.41, 5.74) is 0. The van der Waals surface area contributed by atoms with Crippen LogP contribution in [0.2, 0.25) is 0 Å². The molecule has 0 heterocycles. The van der Waals surface area contributed by atoms with Gasteiger partial charge >= 0.3 is 0 Å². The molecule has 0 amide bonds. The van der Waals surface area contributed by atoms with E-state index in [4.69, 9.17) is 0 Å². The molecule has 0 atom stereocenters. The smallest absolute Gasteiger partial charge is 0 e. The molecule has 2 radical (unpaired) electrons. The average molecular weight is 211 g/mol. The Hall–Kier alpha value is 1.41. The van der Waals surface area contributed by atoms with Crippen LogP contribution in [-0.4, -0.2) is 5.48 Å². The number of halogens is 1. The second kappa shape index (κ2) is 52.9. The van der Waals surface area contributed by atoms with E-state index >= 15 is 0 Å². The predicted octanol–water partition coefficient (Wildman–Crippen LogP) is -0.680. The molecule has 0 bridgehead atoms. The van der Waals surface area contributed by atoms with Crippen molar-refractivity contribution >= 4 is 0 Å². The van der Waals surface area contributed by atoms with Gasteiger partial charge in [-0.3, -0.25) is 4.70 Å². The largest absolute Gasteiger partial charge is 0.412 e. The normalized spacial score (nSPS) is 0. The molecule has 0 spiro atoms. The van der Waals surface area contributed by atoms with Gasteiger partial charge in [-0.1, -0.05) is 0 Å². The van der Waals surface area contributed by atoms with Gasteiger partial charge in [-0.25, -0.2) is 0 Å². The number of rotatable bonds is 0. The van der Waals surface area contributed by atoms with Crippen molar-refractivity contribution in [3.63, 3.8) is 0 Å². The molecule has 0 aliphatic rings. The minimum atomic E-state index is 0. The quantitative estimate of drug-likeness (QED) is 0.475. The van der Waals surface area contributed by atoms with E-state index in [1.165, 1.54) is 0 Å². The maximum atomic E-state index is 0. The summed E-state index contributed by atoms with van der Waals surface area (Å²) in [6.45, 7) is 0. The molecular weight excluding hydrogens is 208 g/mol. The molecule has 0 saturated carbocycles. The van der Waals surface area contributed by atoms with E-state index < -0.39 is 0 Å². The Morgan fingerprint density at radius 2 is 1.00 bits per heavy atom. The predicted molar refractivity (Wildman–Crippen MR) is 6.12 cm³/mol. The molecule has 42 valence electrons. The van der Waals surface area contributed by atoms with Crippen molar-refractivity contribution in [3.8, 4) is 0 Å². The van der Waals surface area contributed by atoms with Crippen LogP contribution >= 0.6 is 0 Å². The van der Waals surface area contributed by atoms with Crippen LogP contribution < -0.4 is 0 Å². The van der Waals surface area contributed by atoms with Crippen LogP contribution in [0, 0.1) is 0 Å². The van der Waals surface area contributed by atoms with Gasteiger partial charge in [0.1, 0.15) is 0 Å². The number of hydrogen-bond donors (Lipinski definition) is 0. The number of hydrogen-bond acceptors (Lipinski definition) is 0. The van der Waals surface area contributed by atoms with Gasteiger partial charge in [0.15, 0.2) is 0 Å². The van der Waals surface area contributed by atoms with Crippen LogP contribution in [0.15, 0.2) is 0 Å². The first kappa shape index (κ1) is 94.4. The Balaban J connectivity index is 0. The molecule has 5 heteroatoms. The third-order valence-corrected chi connectivity index (χ3v) is 0. The molecule has 2 N–H and O–H groups in total. The zero-order valence-corrected chi connectivity index (χ0v) is 5.14. The van der Waals surface area contributed by atoms with Gasteiger partial charge in [0.2, 0.25) is 0 Å². The van der Waals surface area contributed by atoms with Crippen molar-refractivity contribution in [1.82, 2.24) is 0 Å². The zero-order valence-electron chi connectivity index (χ0n) is 1.94. The fourth-order valence-corrected chi connectivity index (χ4v) is 0.